The van der Waals surface area contributed by atoms with Gasteiger partial charge >= 0.3 is 0 Å². The second-order valence-electron chi connectivity index (χ2n) is 10.4. The van der Waals surface area contributed by atoms with Gasteiger partial charge in [0, 0.05) is 43.9 Å². The first-order valence-electron chi connectivity index (χ1n) is 13.8. The molecule has 2 aromatic carbocycles. The van der Waals surface area contributed by atoms with Gasteiger partial charge in [0.1, 0.15) is 12.4 Å². The van der Waals surface area contributed by atoms with Crippen molar-refractivity contribution in [1.82, 2.24) is 9.88 Å². The van der Waals surface area contributed by atoms with E-state index in [1.165, 1.54) is 37.7 Å². The lowest BCUT2D eigenvalue weighted by atomic mass is 9.86. The number of hydrogen-bond acceptors (Lipinski definition) is 4. The number of amides is 1. The van der Waals surface area contributed by atoms with Crippen molar-refractivity contribution in [1.29, 1.82) is 0 Å². The van der Waals surface area contributed by atoms with Crippen LogP contribution in [-0.4, -0.2) is 42.2 Å². The molecule has 0 saturated heterocycles. The summed E-state index contributed by atoms with van der Waals surface area (Å²) in [7, 11) is 0. The fraction of sp³-hybridized carbons (Fsp3) is 0.438. The topological polar surface area (TPSA) is 51.7 Å². The van der Waals surface area contributed by atoms with Gasteiger partial charge in [-0.1, -0.05) is 68.5 Å². The zero-order valence-electron chi connectivity index (χ0n) is 21.7. The van der Waals surface area contributed by atoms with Crippen LogP contribution in [-0.2, 0) is 22.5 Å². The average molecular weight is 499 g/mol. The van der Waals surface area contributed by atoms with Crippen molar-refractivity contribution in [3.8, 4) is 16.9 Å². The summed E-state index contributed by atoms with van der Waals surface area (Å²) in [5, 5.41) is 0. The van der Waals surface area contributed by atoms with Crippen molar-refractivity contribution >= 4 is 5.91 Å². The number of hydrogen-bond donors (Lipinski definition) is 0. The average Bonchev–Trinajstić information content (AvgIpc) is 2.94. The molecule has 1 saturated carbocycles. The maximum absolute atomic E-state index is 13.3. The van der Waals surface area contributed by atoms with Gasteiger partial charge in [0.15, 0.2) is 0 Å². The van der Waals surface area contributed by atoms with E-state index in [4.69, 9.17) is 9.47 Å². The molecule has 0 unspecified atom stereocenters. The number of aromatic nitrogens is 1. The molecule has 2 heterocycles. The number of benzene rings is 2. The van der Waals surface area contributed by atoms with Crippen molar-refractivity contribution in [2.45, 2.75) is 57.9 Å². The maximum Gasteiger partial charge on any atom is 0.222 e. The molecule has 0 spiro atoms. The van der Waals surface area contributed by atoms with Crippen LogP contribution in [0.1, 0.15) is 61.6 Å². The van der Waals surface area contributed by atoms with Crippen LogP contribution in [0.15, 0.2) is 67.0 Å². The zero-order chi connectivity index (χ0) is 25.3. The summed E-state index contributed by atoms with van der Waals surface area (Å²) in [5.74, 6) is 1.85. The fourth-order valence-electron chi connectivity index (χ4n) is 5.59. The summed E-state index contributed by atoms with van der Waals surface area (Å²) in [6.07, 6.45) is 12.6. The van der Waals surface area contributed by atoms with Crippen LogP contribution in [0.4, 0.5) is 0 Å². The van der Waals surface area contributed by atoms with Crippen LogP contribution in [0.5, 0.6) is 5.75 Å². The highest BCUT2D eigenvalue weighted by Crippen LogP contribution is 2.30. The van der Waals surface area contributed by atoms with E-state index < -0.39 is 0 Å². The summed E-state index contributed by atoms with van der Waals surface area (Å²) < 4.78 is 12.0. The SMILES string of the molecule is O=C(CCC1CCCCC1)N1CCOCCOc2ccc(-c3cccnc3)cc2Cc2cccc(c2)C1. The molecule has 5 nitrogen and oxygen atoms in total. The molecule has 0 radical (unpaired) electrons. The molecule has 0 N–H and O–H groups in total. The van der Waals surface area contributed by atoms with Gasteiger partial charge in [-0.15, -0.1) is 0 Å². The van der Waals surface area contributed by atoms with Gasteiger partial charge in [0.25, 0.3) is 0 Å². The van der Waals surface area contributed by atoms with Crippen LogP contribution >= 0.6 is 0 Å². The van der Waals surface area contributed by atoms with Gasteiger partial charge in [0.2, 0.25) is 5.91 Å². The Bertz CT molecular complexity index is 1160. The van der Waals surface area contributed by atoms with Crippen molar-refractivity contribution < 1.29 is 14.3 Å². The monoisotopic (exact) mass is 498 g/mol. The molecule has 5 rings (SSSR count). The fourth-order valence-corrected chi connectivity index (χ4v) is 5.59. The van der Waals surface area contributed by atoms with Crippen LogP contribution in [0, 0.1) is 5.92 Å². The Morgan fingerprint density at radius 1 is 0.919 bits per heavy atom. The number of nitrogens with zero attached hydrogens (tertiary/aromatic N) is 2. The predicted molar refractivity (Wildman–Crippen MR) is 146 cm³/mol. The molecule has 2 bridgehead atoms. The smallest absolute Gasteiger partial charge is 0.222 e. The molecule has 1 aliphatic heterocycles. The Labute approximate surface area is 220 Å². The first kappa shape index (κ1) is 25.5. The van der Waals surface area contributed by atoms with E-state index in [1.807, 2.05) is 17.2 Å². The van der Waals surface area contributed by atoms with Crippen molar-refractivity contribution in [3.05, 3.63) is 83.7 Å². The Morgan fingerprint density at radius 3 is 2.68 bits per heavy atom. The normalized spacial score (nSPS) is 17.4. The highest BCUT2D eigenvalue weighted by atomic mass is 16.5. The van der Waals surface area contributed by atoms with Gasteiger partial charge in [-0.3, -0.25) is 9.78 Å². The second-order valence-corrected chi connectivity index (χ2v) is 10.4. The van der Waals surface area contributed by atoms with Gasteiger partial charge in [0.05, 0.1) is 13.2 Å². The summed E-state index contributed by atoms with van der Waals surface area (Å²) in [4.78, 5) is 19.5. The molecule has 1 aliphatic carbocycles. The lowest BCUT2D eigenvalue weighted by Crippen LogP contribution is -2.34. The molecule has 3 aromatic rings. The number of ether oxygens (including phenoxy) is 2. The summed E-state index contributed by atoms with van der Waals surface area (Å²) in [5.41, 5.74) is 5.72. The minimum Gasteiger partial charge on any atom is -0.491 e. The van der Waals surface area contributed by atoms with E-state index in [0.717, 1.165) is 40.8 Å². The van der Waals surface area contributed by atoms with Crippen LogP contribution < -0.4 is 4.74 Å². The van der Waals surface area contributed by atoms with E-state index >= 15 is 0 Å². The Morgan fingerprint density at radius 2 is 1.81 bits per heavy atom. The molecule has 1 aromatic heterocycles. The lowest BCUT2D eigenvalue weighted by Gasteiger charge is -2.26. The van der Waals surface area contributed by atoms with E-state index in [-0.39, 0.29) is 5.91 Å². The minimum atomic E-state index is 0.245. The Balaban J connectivity index is 1.34. The third-order valence-electron chi connectivity index (χ3n) is 7.65. The van der Waals surface area contributed by atoms with Crippen LogP contribution in [0.2, 0.25) is 0 Å². The molecule has 1 amide bonds. The minimum absolute atomic E-state index is 0.245. The molecule has 5 heteroatoms. The standard InChI is InChI=1S/C32H38N2O3/c35-32(14-11-25-6-2-1-3-7-25)34-16-17-36-18-19-37-31-13-12-28(29-10-5-15-33-23-29)22-30(31)21-26-8-4-9-27(20-26)24-34/h4-5,8-10,12-13,15,20,22-23,25H,1-3,6-7,11,14,16-19,21,24H2. The molecule has 0 atom stereocenters. The highest BCUT2D eigenvalue weighted by Gasteiger charge is 2.19. The van der Waals surface area contributed by atoms with Gasteiger partial charge in [-0.25, -0.2) is 0 Å². The summed E-state index contributed by atoms with van der Waals surface area (Å²) in [6, 6.07) is 19.0. The molecular formula is C32H38N2O3. The first-order chi connectivity index (χ1) is 18.2. The van der Waals surface area contributed by atoms with Crippen molar-refractivity contribution in [2.75, 3.05) is 26.4 Å². The van der Waals surface area contributed by atoms with E-state index in [9.17, 15) is 4.79 Å². The first-order valence-corrected chi connectivity index (χ1v) is 13.8. The maximum atomic E-state index is 13.3. The molecule has 194 valence electrons. The highest BCUT2D eigenvalue weighted by molar-refractivity contribution is 5.76. The van der Waals surface area contributed by atoms with Gasteiger partial charge < -0.3 is 14.4 Å². The second kappa shape index (κ2) is 12.9. The molecule has 37 heavy (non-hydrogen) atoms. The zero-order valence-corrected chi connectivity index (χ0v) is 21.7. The number of rotatable bonds is 4. The van der Waals surface area contributed by atoms with Gasteiger partial charge in [-0.2, -0.15) is 0 Å². The summed E-state index contributed by atoms with van der Waals surface area (Å²) in [6.45, 7) is 2.73. The number of carbonyl (C=O) groups is 1. The molecule has 1 fully saturated rings. The predicted octanol–water partition coefficient (Wildman–Crippen LogP) is 6.44. The van der Waals surface area contributed by atoms with Crippen molar-refractivity contribution in [3.63, 3.8) is 0 Å². The lowest BCUT2D eigenvalue weighted by molar-refractivity contribution is -0.133. The number of pyridine rings is 1. The molecular weight excluding hydrogens is 460 g/mol. The number of fused-ring (bicyclic) bond motifs is 3. The van der Waals surface area contributed by atoms with Gasteiger partial charge in [-0.05, 0) is 52.8 Å². The van der Waals surface area contributed by atoms with Crippen molar-refractivity contribution in [2.24, 2.45) is 5.92 Å². The van der Waals surface area contributed by atoms with Crippen LogP contribution in [0.25, 0.3) is 11.1 Å². The van der Waals surface area contributed by atoms with Crippen LogP contribution in [0.3, 0.4) is 0 Å². The Kier molecular flexibility index (Phi) is 8.86. The summed E-state index contributed by atoms with van der Waals surface area (Å²) >= 11 is 0. The third kappa shape index (κ3) is 7.20. The van der Waals surface area contributed by atoms with E-state index in [2.05, 4.69) is 53.5 Å². The quantitative estimate of drug-likeness (QED) is 0.416. The molecule has 2 aliphatic rings. The van der Waals surface area contributed by atoms with E-state index in [0.29, 0.717) is 45.2 Å². The largest absolute Gasteiger partial charge is 0.491 e. The van der Waals surface area contributed by atoms with E-state index in [1.54, 1.807) is 6.20 Å². The number of carbonyl (C=O) groups excluding carboxylic acids is 1. The Hall–Kier alpha value is -3.18. The third-order valence-corrected chi connectivity index (χ3v) is 7.65.